The zero-order valence-corrected chi connectivity index (χ0v) is 14.0. The molecule has 1 N–H and O–H groups in total. The summed E-state index contributed by atoms with van der Waals surface area (Å²) in [5.74, 6) is 0.0772. The zero-order chi connectivity index (χ0) is 16.1. The molecule has 2 aromatic heterocycles. The Labute approximate surface area is 141 Å². The molecule has 0 saturated heterocycles. The number of aryl methyl sites for hydroxylation is 1. The van der Waals surface area contributed by atoms with Crippen molar-refractivity contribution < 1.29 is 4.79 Å². The number of nitrogens with zero attached hydrogens (tertiary/aromatic N) is 5. The summed E-state index contributed by atoms with van der Waals surface area (Å²) in [5.41, 5.74) is 2.12. The lowest BCUT2D eigenvalue weighted by molar-refractivity contribution is -0.113. The Balaban J connectivity index is 1.65. The van der Waals surface area contributed by atoms with Gasteiger partial charge >= 0.3 is 0 Å². The van der Waals surface area contributed by atoms with Crippen molar-refractivity contribution in [1.82, 2.24) is 25.2 Å². The molecule has 0 aliphatic heterocycles. The topological polar surface area (TPSA) is 85.6 Å². The smallest absolute Gasteiger partial charge is 0.236 e. The number of thiazole rings is 1. The highest BCUT2D eigenvalue weighted by Crippen LogP contribution is 2.19. The number of tetrazole rings is 1. The quantitative estimate of drug-likeness (QED) is 0.690. The highest BCUT2D eigenvalue weighted by atomic mass is 32.2. The number of hydrogen-bond acceptors (Lipinski definition) is 7. The van der Waals surface area contributed by atoms with Gasteiger partial charge in [0.2, 0.25) is 11.1 Å². The number of thioether (sulfide) groups is 1. The third kappa shape index (κ3) is 3.93. The highest BCUT2D eigenvalue weighted by Gasteiger charge is 2.12. The minimum absolute atomic E-state index is 0.138. The molecule has 0 bridgehead atoms. The predicted octanol–water partition coefficient (Wildman–Crippen LogP) is 2.41. The molecular formula is C14H14N6OS2. The minimum atomic E-state index is -0.138. The van der Waals surface area contributed by atoms with Gasteiger partial charge in [0.05, 0.1) is 11.4 Å². The molecule has 0 aliphatic carbocycles. The fraction of sp³-hybridized carbons (Fsp3) is 0.214. The lowest BCUT2D eigenvalue weighted by atomic mass is 10.1. The molecule has 3 rings (SSSR count). The summed E-state index contributed by atoms with van der Waals surface area (Å²) in [5, 5.41) is 17.4. The molecule has 3 aromatic rings. The van der Waals surface area contributed by atoms with Crippen LogP contribution in [0.1, 0.15) is 12.5 Å². The molecule has 0 aliphatic rings. The van der Waals surface area contributed by atoms with Crippen molar-refractivity contribution in [3.05, 3.63) is 41.4 Å². The fourth-order valence-electron chi connectivity index (χ4n) is 1.87. The SMILES string of the molecule is CCc1ccc(-n2nnnc2SCC(=O)Nc2nccs2)cc1. The summed E-state index contributed by atoms with van der Waals surface area (Å²) in [7, 11) is 0. The van der Waals surface area contributed by atoms with E-state index in [9.17, 15) is 4.79 Å². The second-order valence-electron chi connectivity index (χ2n) is 4.57. The molecule has 118 valence electrons. The Bertz CT molecular complexity index is 769. The Morgan fingerprint density at radius 2 is 2.17 bits per heavy atom. The Morgan fingerprint density at radius 3 is 2.87 bits per heavy atom. The molecule has 0 saturated carbocycles. The molecular weight excluding hydrogens is 332 g/mol. The van der Waals surface area contributed by atoms with Crippen molar-refractivity contribution in [1.29, 1.82) is 0 Å². The minimum Gasteiger partial charge on any atom is -0.301 e. The highest BCUT2D eigenvalue weighted by molar-refractivity contribution is 7.99. The Kier molecular flexibility index (Phi) is 4.99. The van der Waals surface area contributed by atoms with Crippen molar-refractivity contribution in [2.45, 2.75) is 18.5 Å². The third-order valence-electron chi connectivity index (χ3n) is 3.04. The molecule has 7 nitrogen and oxygen atoms in total. The number of aromatic nitrogens is 5. The van der Waals surface area contributed by atoms with Gasteiger partial charge in [0, 0.05) is 11.6 Å². The summed E-state index contributed by atoms with van der Waals surface area (Å²) >= 11 is 2.66. The van der Waals surface area contributed by atoms with E-state index >= 15 is 0 Å². The van der Waals surface area contributed by atoms with Gasteiger partial charge in [0.25, 0.3) is 0 Å². The van der Waals surface area contributed by atoms with E-state index in [-0.39, 0.29) is 11.7 Å². The third-order valence-corrected chi connectivity index (χ3v) is 4.65. The van der Waals surface area contributed by atoms with Crippen molar-refractivity contribution in [2.24, 2.45) is 0 Å². The van der Waals surface area contributed by atoms with Crippen LogP contribution in [0.15, 0.2) is 41.0 Å². The van der Waals surface area contributed by atoms with Gasteiger partial charge in [-0.25, -0.2) is 4.98 Å². The lowest BCUT2D eigenvalue weighted by Gasteiger charge is -2.05. The monoisotopic (exact) mass is 346 g/mol. The molecule has 2 heterocycles. The normalized spacial score (nSPS) is 10.7. The van der Waals surface area contributed by atoms with Crippen molar-refractivity contribution in [2.75, 3.05) is 11.1 Å². The largest absolute Gasteiger partial charge is 0.301 e. The van der Waals surface area contributed by atoms with Crippen LogP contribution in [0.2, 0.25) is 0 Å². The Hall–Kier alpha value is -2.26. The van der Waals surface area contributed by atoms with Crippen LogP contribution in [0.4, 0.5) is 5.13 Å². The first-order valence-electron chi connectivity index (χ1n) is 6.96. The van der Waals surface area contributed by atoms with Crippen LogP contribution < -0.4 is 5.32 Å². The number of anilines is 1. The van der Waals surface area contributed by atoms with Gasteiger partial charge < -0.3 is 5.32 Å². The number of nitrogens with one attached hydrogen (secondary N) is 1. The van der Waals surface area contributed by atoms with Gasteiger partial charge in [-0.3, -0.25) is 4.79 Å². The number of benzene rings is 1. The number of hydrogen-bond donors (Lipinski definition) is 1. The molecule has 1 aromatic carbocycles. The van der Waals surface area contributed by atoms with Crippen LogP contribution in [-0.2, 0) is 11.2 Å². The molecule has 0 atom stereocenters. The standard InChI is InChI=1S/C14H14N6OS2/c1-2-10-3-5-11(6-4-10)20-14(17-18-19-20)23-9-12(21)16-13-15-7-8-22-13/h3-8H,2,9H2,1H3,(H,15,16,21). The van der Waals surface area contributed by atoms with Crippen LogP contribution in [0.5, 0.6) is 0 Å². The van der Waals surface area contributed by atoms with Crippen LogP contribution in [0.3, 0.4) is 0 Å². The molecule has 0 unspecified atom stereocenters. The van der Waals surface area contributed by atoms with Crippen LogP contribution >= 0.6 is 23.1 Å². The first-order chi connectivity index (χ1) is 11.3. The molecule has 1 amide bonds. The van der Waals surface area contributed by atoms with Gasteiger partial charge in [-0.2, -0.15) is 4.68 Å². The van der Waals surface area contributed by atoms with Crippen molar-refractivity contribution in [3.8, 4) is 5.69 Å². The van der Waals surface area contributed by atoms with E-state index in [0.717, 1.165) is 12.1 Å². The first kappa shape index (κ1) is 15.6. The van der Waals surface area contributed by atoms with Gasteiger partial charge in [0.15, 0.2) is 5.13 Å². The molecule has 0 spiro atoms. The van der Waals surface area contributed by atoms with Gasteiger partial charge in [0.1, 0.15) is 0 Å². The Morgan fingerprint density at radius 1 is 1.35 bits per heavy atom. The maximum Gasteiger partial charge on any atom is 0.236 e. The van der Waals surface area contributed by atoms with Crippen LogP contribution in [-0.4, -0.2) is 36.9 Å². The molecule has 0 radical (unpaired) electrons. The van der Waals surface area contributed by atoms with E-state index < -0.39 is 0 Å². The van der Waals surface area contributed by atoms with Gasteiger partial charge in [-0.05, 0) is 34.5 Å². The number of rotatable bonds is 6. The molecule has 9 heteroatoms. The second-order valence-corrected chi connectivity index (χ2v) is 6.40. The van der Waals surface area contributed by atoms with E-state index in [1.54, 1.807) is 10.9 Å². The summed E-state index contributed by atoms with van der Waals surface area (Å²) in [6.07, 6.45) is 2.63. The van der Waals surface area contributed by atoms with E-state index in [1.165, 1.54) is 28.7 Å². The summed E-state index contributed by atoms with van der Waals surface area (Å²) < 4.78 is 1.63. The van der Waals surface area contributed by atoms with E-state index in [4.69, 9.17) is 0 Å². The number of carbonyl (C=O) groups is 1. The number of amides is 1. The summed E-state index contributed by atoms with van der Waals surface area (Å²) in [4.78, 5) is 15.9. The number of carbonyl (C=O) groups excluding carboxylic acids is 1. The lowest BCUT2D eigenvalue weighted by Crippen LogP contribution is -2.14. The van der Waals surface area contributed by atoms with Crippen LogP contribution in [0, 0.1) is 0 Å². The van der Waals surface area contributed by atoms with Gasteiger partial charge in [-0.1, -0.05) is 30.8 Å². The first-order valence-corrected chi connectivity index (χ1v) is 8.82. The molecule has 0 fully saturated rings. The summed E-state index contributed by atoms with van der Waals surface area (Å²) in [6.45, 7) is 2.11. The average molecular weight is 346 g/mol. The predicted molar refractivity (Wildman–Crippen MR) is 90.0 cm³/mol. The zero-order valence-electron chi connectivity index (χ0n) is 12.3. The van der Waals surface area contributed by atoms with Crippen molar-refractivity contribution >= 4 is 34.1 Å². The van der Waals surface area contributed by atoms with E-state index in [0.29, 0.717) is 10.3 Å². The van der Waals surface area contributed by atoms with Crippen molar-refractivity contribution in [3.63, 3.8) is 0 Å². The maximum absolute atomic E-state index is 11.9. The summed E-state index contributed by atoms with van der Waals surface area (Å²) in [6, 6.07) is 8.02. The van der Waals surface area contributed by atoms with Gasteiger partial charge in [-0.15, -0.1) is 16.4 Å². The molecule has 23 heavy (non-hydrogen) atoms. The second kappa shape index (κ2) is 7.34. The van der Waals surface area contributed by atoms with Crippen LogP contribution in [0.25, 0.3) is 5.69 Å². The fourth-order valence-corrected chi connectivity index (χ4v) is 3.11. The maximum atomic E-state index is 11.9. The van der Waals surface area contributed by atoms with E-state index in [1.807, 2.05) is 29.6 Å². The average Bonchev–Trinajstić information content (AvgIpc) is 3.24. The van der Waals surface area contributed by atoms with E-state index in [2.05, 4.69) is 32.7 Å².